The van der Waals surface area contributed by atoms with Crippen LogP contribution in [0.25, 0.3) is 0 Å². The minimum atomic E-state index is -3.57. The van der Waals surface area contributed by atoms with Gasteiger partial charge in [0.15, 0.2) is 0 Å². The van der Waals surface area contributed by atoms with Crippen LogP contribution in [0.5, 0.6) is 0 Å². The Kier molecular flexibility index (Phi) is 11.7. The Morgan fingerprint density at radius 1 is 1.05 bits per heavy atom. The van der Waals surface area contributed by atoms with Crippen molar-refractivity contribution in [2.75, 3.05) is 17.1 Å². The first kappa shape index (κ1) is 32.2. The minimum absolute atomic E-state index is 0.0787. The van der Waals surface area contributed by atoms with E-state index in [2.05, 4.69) is 5.32 Å². The molecule has 3 rings (SSSR count). The van der Waals surface area contributed by atoms with Gasteiger partial charge in [0, 0.05) is 35.6 Å². The van der Waals surface area contributed by atoms with E-state index in [0.717, 1.165) is 36.8 Å². The molecule has 1 unspecified atom stereocenters. The van der Waals surface area contributed by atoms with E-state index in [9.17, 15) is 18.0 Å². The number of rotatable bonds is 12. The first-order valence-corrected chi connectivity index (χ1v) is 16.6. The molecule has 10 heteroatoms. The lowest BCUT2D eigenvalue weighted by Gasteiger charge is -2.33. The molecule has 1 saturated carbocycles. The fraction of sp³-hybridized carbons (Fsp3) is 0.533. The Balaban J connectivity index is 1.81. The molecular weight excluding hydrogens is 569 g/mol. The van der Waals surface area contributed by atoms with E-state index in [-0.39, 0.29) is 37.4 Å². The lowest BCUT2D eigenvalue weighted by molar-refractivity contribution is -0.141. The van der Waals surface area contributed by atoms with Crippen LogP contribution in [0, 0.1) is 13.8 Å². The lowest BCUT2D eigenvalue weighted by Crippen LogP contribution is -2.51. The number of hydrogen-bond donors (Lipinski definition) is 1. The summed E-state index contributed by atoms with van der Waals surface area (Å²) in [5.74, 6) is -0.396. The maximum atomic E-state index is 13.7. The SMILES string of the molecule is CCC(C(=O)NC1CCCCC1)N(Cc1ccc(Cl)cc1Cl)C(=O)CCCN(c1cc(C)ccc1C)S(C)(=O)=O. The van der Waals surface area contributed by atoms with Crippen LogP contribution in [0.1, 0.15) is 75.0 Å². The number of halogens is 2. The van der Waals surface area contributed by atoms with Crippen LogP contribution < -0.4 is 9.62 Å². The highest BCUT2D eigenvalue weighted by molar-refractivity contribution is 7.92. The van der Waals surface area contributed by atoms with E-state index in [4.69, 9.17) is 23.2 Å². The summed E-state index contributed by atoms with van der Waals surface area (Å²) in [6.45, 7) is 5.97. The van der Waals surface area contributed by atoms with Crippen LogP contribution >= 0.6 is 23.2 Å². The molecule has 7 nitrogen and oxygen atoms in total. The third kappa shape index (κ3) is 8.85. The second-order valence-corrected chi connectivity index (χ2v) is 13.5. The first-order valence-electron chi connectivity index (χ1n) is 14.0. The smallest absolute Gasteiger partial charge is 0.243 e. The summed E-state index contributed by atoms with van der Waals surface area (Å²) >= 11 is 12.5. The van der Waals surface area contributed by atoms with Crippen molar-refractivity contribution in [3.8, 4) is 0 Å². The van der Waals surface area contributed by atoms with Gasteiger partial charge < -0.3 is 10.2 Å². The Morgan fingerprint density at radius 3 is 2.38 bits per heavy atom. The number of carbonyl (C=O) groups is 2. The predicted octanol–water partition coefficient (Wildman–Crippen LogP) is 6.41. The Labute approximate surface area is 249 Å². The van der Waals surface area contributed by atoms with Crippen molar-refractivity contribution in [1.82, 2.24) is 10.2 Å². The van der Waals surface area contributed by atoms with Gasteiger partial charge in [-0.1, -0.05) is 67.6 Å². The molecule has 0 spiro atoms. The van der Waals surface area contributed by atoms with E-state index < -0.39 is 16.1 Å². The summed E-state index contributed by atoms with van der Waals surface area (Å²) in [6, 6.07) is 10.2. The Hall–Kier alpha value is -2.29. The number of amides is 2. The molecule has 0 heterocycles. The number of nitrogens with zero attached hydrogens (tertiary/aromatic N) is 2. The summed E-state index contributed by atoms with van der Waals surface area (Å²) in [6.07, 6.45) is 7.22. The quantitative estimate of drug-likeness (QED) is 0.301. The second-order valence-electron chi connectivity index (χ2n) is 10.8. The van der Waals surface area contributed by atoms with Crippen molar-refractivity contribution < 1.29 is 18.0 Å². The van der Waals surface area contributed by atoms with Crippen molar-refractivity contribution in [1.29, 1.82) is 0 Å². The largest absolute Gasteiger partial charge is 0.352 e. The van der Waals surface area contributed by atoms with Crippen LogP contribution in [0.15, 0.2) is 36.4 Å². The van der Waals surface area contributed by atoms with Crippen molar-refractivity contribution in [2.24, 2.45) is 0 Å². The molecule has 1 fully saturated rings. The maximum Gasteiger partial charge on any atom is 0.243 e. The molecule has 0 aromatic heterocycles. The van der Waals surface area contributed by atoms with Crippen molar-refractivity contribution in [3.05, 3.63) is 63.1 Å². The molecule has 2 aromatic carbocycles. The molecule has 2 aromatic rings. The van der Waals surface area contributed by atoms with Crippen LogP contribution in [0.4, 0.5) is 5.69 Å². The minimum Gasteiger partial charge on any atom is -0.352 e. The summed E-state index contributed by atoms with van der Waals surface area (Å²) in [5.41, 5.74) is 3.09. The van der Waals surface area contributed by atoms with Gasteiger partial charge in [0.2, 0.25) is 21.8 Å². The zero-order valence-electron chi connectivity index (χ0n) is 23.9. The molecule has 0 aliphatic heterocycles. The number of anilines is 1. The predicted molar refractivity (Wildman–Crippen MR) is 163 cm³/mol. The van der Waals surface area contributed by atoms with Gasteiger partial charge in [-0.15, -0.1) is 0 Å². The average Bonchev–Trinajstić information content (AvgIpc) is 2.89. The highest BCUT2D eigenvalue weighted by Crippen LogP contribution is 2.27. The monoisotopic (exact) mass is 609 g/mol. The molecule has 0 saturated heterocycles. The average molecular weight is 611 g/mol. The standard InChI is InChI=1S/C30H41Cl2N3O4S/c1-5-27(30(37)33-25-10-7-6-8-11-25)34(20-23-15-16-24(31)19-26(23)32)29(36)12-9-17-35(40(4,38)39)28-18-21(2)13-14-22(28)3/h13-16,18-19,25,27H,5-12,17,20H2,1-4H3,(H,33,37). The molecule has 0 radical (unpaired) electrons. The lowest BCUT2D eigenvalue weighted by atomic mass is 9.95. The highest BCUT2D eigenvalue weighted by atomic mass is 35.5. The van der Waals surface area contributed by atoms with E-state index in [1.807, 2.05) is 39.0 Å². The zero-order chi connectivity index (χ0) is 29.4. The van der Waals surface area contributed by atoms with E-state index in [0.29, 0.717) is 34.1 Å². The molecule has 220 valence electrons. The molecule has 1 atom stereocenters. The number of aryl methyl sites for hydroxylation is 2. The van der Waals surface area contributed by atoms with Gasteiger partial charge in [0.1, 0.15) is 6.04 Å². The molecule has 1 aliphatic rings. The fourth-order valence-electron chi connectivity index (χ4n) is 5.27. The number of nitrogens with one attached hydrogen (secondary N) is 1. The molecule has 1 N–H and O–H groups in total. The third-order valence-electron chi connectivity index (χ3n) is 7.48. The maximum absolute atomic E-state index is 13.7. The summed E-state index contributed by atoms with van der Waals surface area (Å²) < 4.78 is 26.7. The number of benzene rings is 2. The fourth-order valence-corrected chi connectivity index (χ4v) is 6.75. The first-order chi connectivity index (χ1) is 18.9. The van der Waals surface area contributed by atoms with Crippen LogP contribution in [-0.2, 0) is 26.2 Å². The topological polar surface area (TPSA) is 86.8 Å². The van der Waals surface area contributed by atoms with Gasteiger partial charge in [-0.3, -0.25) is 13.9 Å². The number of hydrogen-bond acceptors (Lipinski definition) is 4. The van der Waals surface area contributed by atoms with Gasteiger partial charge in [-0.25, -0.2) is 8.42 Å². The molecule has 1 aliphatic carbocycles. The van der Waals surface area contributed by atoms with Crippen LogP contribution in [-0.4, -0.2) is 50.0 Å². The van der Waals surface area contributed by atoms with Crippen molar-refractivity contribution >= 4 is 50.7 Å². The Bertz CT molecular complexity index is 1300. The highest BCUT2D eigenvalue weighted by Gasteiger charge is 2.31. The van der Waals surface area contributed by atoms with Gasteiger partial charge >= 0.3 is 0 Å². The van der Waals surface area contributed by atoms with Crippen molar-refractivity contribution in [2.45, 2.75) is 90.8 Å². The summed E-state index contributed by atoms with van der Waals surface area (Å²) in [4.78, 5) is 28.7. The van der Waals surface area contributed by atoms with E-state index >= 15 is 0 Å². The molecule has 2 amide bonds. The molecule has 0 bridgehead atoms. The van der Waals surface area contributed by atoms with Gasteiger partial charge in [0.25, 0.3) is 0 Å². The molecular formula is C30H41Cl2N3O4S. The van der Waals surface area contributed by atoms with Crippen LogP contribution in [0.3, 0.4) is 0 Å². The van der Waals surface area contributed by atoms with Crippen LogP contribution in [0.2, 0.25) is 10.0 Å². The normalized spacial score (nSPS) is 14.9. The summed E-state index contributed by atoms with van der Waals surface area (Å²) in [5, 5.41) is 4.08. The zero-order valence-corrected chi connectivity index (χ0v) is 26.2. The van der Waals surface area contributed by atoms with E-state index in [1.54, 1.807) is 23.1 Å². The molecule has 40 heavy (non-hydrogen) atoms. The van der Waals surface area contributed by atoms with Gasteiger partial charge in [0.05, 0.1) is 11.9 Å². The summed E-state index contributed by atoms with van der Waals surface area (Å²) in [7, 11) is -3.57. The number of carbonyl (C=O) groups excluding carboxylic acids is 2. The third-order valence-corrected chi connectivity index (χ3v) is 9.25. The Morgan fingerprint density at radius 2 is 1.75 bits per heavy atom. The van der Waals surface area contributed by atoms with Crippen molar-refractivity contribution in [3.63, 3.8) is 0 Å². The van der Waals surface area contributed by atoms with E-state index in [1.165, 1.54) is 17.0 Å². The number of sulfonamides is 1. The van der Waals surface area contributed by atoms with Gasteiger partial charge in [-0.05, 0) is 74.4 Å². The second kappa shape index (κ2) is 14.6. The van der Waals surface area contributed by atoms with Gasteiger partial charge in [-0.2, -0.15) is 0 Å².